The molecule has 0 unspecified atom stereocenters. The fourth-order valence-electron chi connectivity index (χ4n) is 1.67. The Labute approximate surface area is 98.4 Å². The second kappa shape index (κ2) is 3.85. The molecular weight excluding hydrogens is 240 g/mol. The zero-order valence-corrected chi connectivity index (χ0v) is 9.86. The van der Waals surface area contributed by atoms with E-state index in [-0.39, 0.29) is 16.2 Å². The molecule has 4 nitrogen and oxygen atoms in total. The Hall–Kier alpha value is -1.88. The lowest BCUT2D eigenvalue weighted by atomic mass is 10.0. The van der Waals surface area contributed by atoms with Crippen molar-refractivity contribution in [3.63, 3.8) is 0 Å². The van der Waals surface area contributed by atoms with Crippen molar-refractivity contribution >= 4 is 26.9 Å². The van der Waals surface area contributed by atoms with Crippen molar-refractivity contribution in [2.24, 2.45) is 0 Å². The van der Waals surface area contributed by atoms with Gasteiger partial charge in [0.2, 0.25) is 0 Å². The van der Waals surface area contributed by atoms with Crippen LogP contribution in [0.1, 0.15) is 10.4 Å². The molecule has 0 radical (unpaired) electrons. The molecule has 2 aromatic carbocycles. The average molecular weight is 250 g/mol. The number of aromatic hydroxyl groups is 1. The average Bonchev–Trinajstić information content (AvgIpc) is 2.27. The van der Waals surface area contributed by atoms with Gasteiger partial charge in [-0.3, -0.25) is 4.79 Å². The number of phenolic OH excluding ortho intramolecular Hbond substituents is 1. The molecule has 0 atom stereocenters. The molecule has 0 spiro atoms. The highest BCUT2D eigenvalue weighted by atomic mass is 32.2. The summed E-state index contributed by atoms with van der Waals surface area (Å²) in [5, 5.41) is 10.6. The number of aldehydes is 1. The summed E-state index contributed by atoms with van der Waals surface area (Å²) < 4.78 is 22.8. The van der Waals surface area contributed by atoms with E-state index >= 15 is 0 Å². The van der Waals surface area contributed by atoms with E-state index in [0.29, 0.717) is 17.1 Å². The third-order valence-electron chi connectivity index (χ3n) is 2.56. The Morgan fingerprint density at radius 1 is 1.18 bits per heavy atom. The van der Waals surface area contributed by atoms with Gasteiger partial charge in [0.25, 0.3) is 0 Å². The van der Waals surface area contributed by atoms with Crippen LogP contribution < -0.4 is 0 Å². The molecule has 0 saturated carbocycles. The van der Waals surface area contributed by atoms with E-state index in [1.807, 2.05) is 0 Å². The molecule has 0 aliphatic carbocycles. The molecule has 0 aliphatic heterocycles. The minimum absolute atomic E-state index is 0.111. The Kier molecular flexibility index (Phi) is 2.63. The first-order valence-electron chi connectivity index (χ1n) is 4.84. The van der Waals surface area contributed by atoms with Crippen molar-refractivity contribution in [2.45, 2.75) is 4.90 Å². The molecule has 2 aromatic rings. The Morgan fingerprint density at radius 2 is 1.88 bits per heavy atom. The summed E-state index contributed by atoms with van der Waals surface area (Å²) in [7, 11) is -3.27. The Morgan fingerprint density at radius 3 is 2.47 bits per heavy atom. The van der Waals surface area contributed by atoms with E-state index in [0.717, 1.165) is 6.26 Å². The number of rotatable bonds is 2. The van der Waals surface area contributed by atoms with Crippen LogP contribution in [0.2, 0.25) is 0 Å². The zero-order chi connectivity index (χ0) is 12.6. The number of hydrogen-bond acceptors (Lipinski definition) is 4. The van der Waals surface area contributed by atoms with Gasteiger partial charge in [0.1, 0.15) is 5.75 Å². The second-order valence-corrected chi connectivity index (χ2v) is 5.79. The highest BCUT2D eigenvalue weighted by Crippen LogP contribution is 2.27. The molecule has 2 rings (SSSR count). The van der Waals surface area contributed by atoms with E-state index in [1.165, 1.54) is 24.3 Å². The first-order chi connectivity index (χ1) is 7.93. The van der Waals surface area contributed by atoms with Gasteiger partial charge in [-0.15, -0.1) is 0 Å². The van der Waals surface area contributed by atoms with Gasteiger partial charge in [0.05, 0.1) is 10.5 Å². The number of fused-ring (bicyclic) bond motifs is 1. The van der Waals surface area contributed by atoms with E-state index in [1.54, 1.807) is 6.07 Å². The Bertz CT molecular complexity index is 702. The molecule has 17 heavy (non-hydrogen) atoms. The van der Waals surface area contributed by atoms with Gasteiger partial charge >= 0.3 is 0 Å². The van der Waals surface area contributed by atoms with Gasteiger partial charge in [0, 0.05) is 6.26 Å². The van der Waals surface area contributed by atoms with Gasteiger partial charge < -0.3 is 5.11 Å². The normalized spacial score (nSPS) is 11.6. The standard InChI is InChI=1S/C12H10O4S/c1-17(15,16)9-3-4-10-8(6-9)2-5-12(14)11(10)7-13/h2-7,14H,1H3. The number of carbonyl (C=O) groups excluding carboxylic acids is 1. The van der Waals surface area contributed by atoms with Gasteiger partial charge in [-0.05, 0) is 29.0 Å². The van der Waals surface area contributed by atoms with Crippen molar-refractivity contribution in [1.29, 1.82) is 0 Å². The van der Waals surface area contributed by atoms with Crippen LogP contribution >= 0.6 is 0 Å². The molecule has 0 heterocycles. The predicted molar refractivity (Wildman–Crippen MR) is 64.1 cm³/mol. The molecule has 0 fully saturated rings. The van der Waals surface area contributed by atoms with Gasteiger partial charge in [-0.2, -0.15) is 0 Å². The molecule has 1 N–H and O–H groups in total. The Balaban J connectivity index is 2.82. The molecule has 0 amide bonds. The molecule has 0 aliphatic rings. The highest BCUT2D eigenvalue weighted by molar-refractivity contribution is 7.90. The van der Waals surface area contributed by atoms with E-state index in [2.05, 4.69) is 0 Å². The quantitative estimate of drug-likeness (QED) is 0.824. The third kappa shape index (κ3) is 2.01. The van der Waals surface area contributed by atoms with Gasteiger partial charge in [-0.1, -0.05) is 12.1 Å². The number of sulfone groups is 1. The summed E-state index contributed by atoms with van der Waals surface area (Å²) in [5.74, 6) is -0.111. The van der Waals surface area contributed by atoms with Crippen LogP contribution in [-0.4, -0.2) is 26.1 Å². The number of hydrogen-bond donors (Lipinski definition) is 1. The minimum atomic E-state index is -3.27. The second-order valence-electron chi connectivity index (χ2n) is 3.77. The van der Waals surface area contributed by atoms with Gasteiger partial charge in [0.15, 0.2) is 16.1 Å². The first kappa shape index (κ1) is 11.6. The fourth-order valence-corrected chi connectivity index (χ4v) is 2.33. The predicted octanol–water partition coefficient (Wildman–Crippen LogP) is 1.76. The largest absolute Gasteiger partial charge is 0.507 e. The lowest BCUT2D eigenvalue weighted by Gasteiger charge is -2.05. The molecule has 0 aromatic heterocycles. The van der Waals surface area contributed by atoms with Crippen molar-refractivity contribution in [3.8, 4) is 5.75 Å². The summed E-state index contributed by atoms with van der Waals surface area (Å²) in [6, 6.07) is 7.38. The van der Waals surface area contributed by atoms with Crippen molar-refractivity contribution < 1.29 is 18.3 Å². The maximum Gasteiger partial charge on any atom is 0.175 e. The van der Waals surface area contributed by atoms with Crippen molar-refractivity contribution in [3.05, 3.63) is 35.9 Å². The molecular formula is C12H10O4S. The molecule has 0 saturated heterocycles. The topological polar surface area (TPSA) is 71.4 Å². The van der Waals surface area contributed by atoms with Gasteiger partial charge in [-0.25, -0.2) is 8.42 Å². The monoisotopic (exact) mass is 250 g/mol. The van der Waals surface area contributed by atoms with Crippen LogP contribution in [-0.2, 0) is 9.84 Å². The fraction of sp³-hybridized carbons (Fsp3) is 0.0833. The zero-order valence-electron chi connectivity index (χ0n) is 9.04. The molecule has 88 valence electrons. The van der Waals surface area contributed by atoms with Crippen LogP contribution in [0, 0.1) is 0 Å². The summed E-state index contributed by atoms with van der Waals surface area (Å²) >= 11 is 0. The first-order valence-corrected chi connectivity index (χ1v) is 6.73. The molecule has 5 heteroatoms. The smallest absolute Gasteiger partial charge is 0.175 e. The maximum atomic E-state index is 11.4. The maximum absolute atomic E-state index is 11.4. The summed E-state index contributed by atoms with van der Waals surface area (Å²) in [5.41, 5.74) is 0.169. The van der Waals surface area contributed by atoms with Crippen LogP contribution in [0.4, 0.5) is 0 Å². The number of phenols is 1. The minimum Gasteiger partial charge on any atom is -0.507 e. The summed E-state index contributed by atoms with van der Waals surface area (Å²) in [4.78, 5) is 11.0. The SMILES string of the molecule is CS(=O)(=O)c1ccc2c(C=O)c(O)ccc2c1. The summed E-state index contributed by atoms with van der Waals surface area (Å²) in [6.07, 6.45) is 1.67. The van der Waals surface area contributed by atoms with Crippen LogP contribution in [0.15, 0.2) is 35.2 Å². The van der Waals surface area contributed by atoms with Crippen LogP contribution in [0.3, 0.4) is 0 Å². The number of carbonyl (C=O) groups is 1. The van der Waals surface area contributed by atoms with Crippen molar-refractivity contribution in [1.82, 2.24) is 0 Å². The van der Waals surface area contributed by atoms with Crippen LogP contribution in [0.5, 0.6) is 5.75 Å². The highest BCUT2D eigenvalue weighted by Gasteiger charge is 2.10. The summed E-state index contributed by atoms with van der Waals surface area (Å²) in [6.45, 7) is 0. The van der Waals surface area contributed by atoms with E-state index in [9.17, 15) is 18.3 Å². The number of benzene rings is 2. The third-order valence-corrected chi connectivity index (χ3v) is 3.67. The van der Waals surface area contributed by atoms with Crippen LogP contribution in [0.25, 0.3) is 10.8 Å². The lowest BCUT2D eigenvalue weighted by molar-refractivity contribution is 0.112. The van der Waals surface area contributed by atoms with Crippen molar-refractivity contribution in [2.75, 3.05) is 6.26 Å². The van der Waals surface area contributed by atoms with E-state index in [4.69, 9.17) is 0 Å². The molecule has 0 bridgehead atoms. The van der Waals surface area contributed by atoms with E-state index < -0.39 is 9.84 Å². The lowest BCUT2D eigenvalue weighted by Crippen LogP contribution is -1.97.